The molecule has 0 radical (unpaired) electrons. The molecule has 0 saturated carbocycles. The second-order valence-electron chi connectivity index (χ2n) is 16.4. The molecule has 0 bridgehead atoms. The third-order valence-corrected chi connectivity index (χ3v) is 13.1. The molecule has 10 aromatic carbocycles. The van der Waals surface area contributed by atoms with E-state index in [4.69, 9.17) is 0 Å². The quantitative estimate of drug-likeness (QED) is 0.158. The molecule has 0 unspecified atom stereocenters. The van der Waals surface area contributed by atoms with Gasteiger partial charge in [-0.2, -0.15) is 0 Å². The predicted octanol–water partition coefficient (Wildman–Crippen LogP) is 15.6. The fourth-order valence-corrected chi connectivity index (χ4v) is 10.3. The van der Waals surface area contributed by atoms with Crippen LogP contribution in [0.15, 0.2) is 200 Å². The highest BCUT2D eigenvalue weighted by molar-refractivity contribution is 6.21. The molecule has 2 nitrogen and oxygen atoms in total. The molecule has 1 aliphatic rings. The lowest BCUT2D eigenvalue weighted by Crippen LogP contribution is -1.98. The van der Waals surface area contributed by atoms with E-state index in [9.17, 15) is 0 Å². The van der Waals surface area contributed by atoms with E-state index in [-0.39, 0.29) is 0 Å². The molecule has 1 aliphatic carbocycles. The van der Waals surface area contributed by atoms with Gasteiger partial charge < -0.3 is 9.13 Å². The second kappa shape index (κ2) is 12.9. The van der Waals surface area contributed by atoms with Crippen molar-refractivity contribution in [3.63, 3.8) is 0 Å². The molecule has 0 amide bonds. The zero-order valence-electron chi connectivity index (χ0n) is 32.9. The Labute approximate surface area is 347 Å². The minimum absolute atomic E-state index is 1.07. The molecule has 280 valence electrons. The standard InChI is InChI=1S/C58H38N2/c1-2-12-37(13-3-1)41-25-30-56-52(33-41)49-20-10-11-21-55(49)59(56)43-27-22-39(23-28-43)42-26-31-57-53(34-42)54-35-50-47-18-8-6-16-45(47)46-17-7-9-19-48(46)51(50)36-58(54)60(57)44-29-24-38-14-4-5-15-40(38)32-44/h1-5,7-15,17-36H,6,16H2. The van der Waals surface area contributed by atoms with Crippen molar-refractivity contribution in [1.82, 2.24) is 9.13 Å². The Hall–Kier alpha value is -7.68. The zero-order chi connectivity index (χ0) is 39.3. The summed E-state index contributed by atoms with van der Waals surface area (Å²) in [7, 11) is 0. The number of hydrogen-bond donors (Lipinski definition) is 0. The summed E-state index contributed by atoms with van der Waals surface area (Å²) < 4.78 is 4.90. The van der Waals surface area contributed by atoms with Crippen molar-refractivity contribution in [2.45, 2.75) is 12.8 Å². The Bertz CT molecular complexity index is 3750. The van der Waals surface area contributed by atoms with Crippen LogP contribution in [0.1, 0.15) is 17.5 Å². The molecule has 0 aliphatic heterocycles. The van der Waals surface area contributed by atoms with Gasteiger partial charge in [-0.05, 0) is 145 Å². The van der Waals surface area contributed by atoms with E-state index in [0.29, 0.717) is 0 Å². The summed E-state index contributed by atoms with van der Waals surface area (Å²) in [6, 6.07) is 72.1. The monoisotopic (exact) mass is 762 g/mol. The summed E-state index contributed by atoms with van der Waals surface area (Å²) in [6.45, 7) is 0. The molecule has 0 saturated heterocycles. The molecule has 0 N–H and O–H groups in total. The number of nitrogens with zero attached hydrogens (tertiary/aromatic N) is 2. The highest BCUT2D eigenvalue weighted by Crippen LogP contribution is 2.43. The van der Waals surface area contributed by atoms with Crippen LogP contribution in [0, 0.1) is 0 Å². The fraction of sp³-hybridized carbons (Fsp3) is 0.0345. The van der Waals surface area contributed by atoms with E-state index in [1.807, 2.05) is 0 Å². The van der Waals surface area contributed by atoms with E-state index < -0.39 is 0 Å². The van der Waals surface area contributed by atoms with Crippen LogP contribution in [0.4, 0.5) is 0 Å². The number of para-hydroxylation sites is 1. The van der Waals surface area contributed by atoms with Gasteiger partial charge in [0.25, 0.3) is 0 Å². The van der Waals surface area contributed by atoms with Gasteiger partial charge in [0.15, 0.2) is 0 Å². The Balaban J connectivity index is 1.00. The number of benzene rings is 10. The molecular weight excluding hydrogens is 725 g/mol. The lowest BCUT2D eigenvalue weighted by Gasteiger charge is -2.18. The molecular formula is C58H38N2. The smallest absolute Gasteiger partial charge is 0.0547 e. The number of fused-ring (bicyclic) bond motifs is 13. The molecule has 2 aromatic heterocycles. The summed E-state index contributed by atoms with van der Waals surface area (Å²) >= 11 is 0. The van der Waals surface area contributed by atoms with Crippen molar-refractivity contribution in [2.75, 3.05) is 0 Å². The highest BCUT2D eigenvalue weighted by Gasteiger charge is 2.20. The number of allylic oxidation sites excluding steroid dienone is 1. The van der Waals surface area contributed by atoms with Gasteiger partial charge >= 0.3 is 0 Å². The summed E-state index contributed by atoms with van der Waals surface area (Å²) in [5.41, 5.74) is 14.9. The van der Waals surface area contributed by atoms with Crippen LogP contribution in [0.3, 0.4) is 0 Å². The van der Waals surface area contributed by atoms with Crippen molar-refractivity contribution in [2.24, 2.45) is 0 Å². The van der Waals surface area contributed by atoms with Crippen molar-refractivity contribution >= 4 is 82.0 Å². The van der Waals surface area contributed by atoms with E-state index in [1.165, 1.54) is 115 Å². The lowest BCUT2D eigenvalue weighted by atomic mass is 9.86. The Kier molecular flexibility index (Phi) is 7.17. The topological polar surface area (TPSA) is 9.86 Å². The van der Waals surface area contributed by atoms with Gasteiger partial charge in [0.05, 0.1) is 22.1 Å². The molecule has 0 fully saturated rings. The van der Waals surface area contributed by atoms with E-state index in [2.05, 4.69) is 215 Å². The molecule has 0 atom stereocenters. The highest BCUT2D eigenvalue weighted by atomic mass is 15.0. The normalized spacial score (nSPS) is 12.8. The summed E-state index contributed by atoms with van der Waals surface area (Å²) in [4.78, 5) is 0. The van der Waals surface area contributed by atoms with Gasteiger partial charge in [-0.1, -0.05) is 140 Å². The van der Waals surface area contributed by atoms with Crippen LogP contribution in [-0.2, 0) is 6.42 Å². The minimum Gasteiger partial charge on any atom is -0.309 e. The van der Waals surface area contributed by atoms with E-state index in [1.54, 1.807) is 0 Å². The minimum atomic E-state index is 1.07. The summed E-state index contributed by atoms with van der Waals surface area (Å²) in [5, 5.41) is 12.9. The van der Waals surface area contributed by atoms with Gasteiger partial charge in [-0.15, -0.1) is 0 Å². The van der Waals surface area contributed by atoms with Crippen molar-refractivity contribution in [3.8, 4) is 33.6 Å². The molecule has 12 aromatic rings. The van der Waals surface area contributed by atoms with Crippen LogP contribution in [0.5, 0.6) is 0 Å². The number of rotatable bonds is 4. The zero-order valence-corrected chi connectivity index (χ0v) is 32.9. The van der Waals surface area contributed by atoms with Crippen LogP contribution in [0.2, 0.25) is 0 Å². The fourth-order valence-electron chi connectivity index (χ4n) is 10.3. The van der Waals surface area contributed by atoms with Crippen LogP contribution < -0.4 is 0 Å². The first kappa shape index (κ1) is 33.3. The van der Waals surface area contributed by atoms with E-state index >= 15 is 0 Å². The van der Waals surface area contributed by atoms with Crippen LogP contribution in [0.25, 0.3) is 116 Å². The largest absolute Gasteiger partial charge is 0.309 e. The van der Waals surface area contributed by atoms with E-state index in [0.717, 1.165) is 18.5 Å². The Morgan fingerprint density at radius 2 is 0.900 bits per heavy atom. The Morgan fingerprint density at radius 3 is 1.70 bits per heavy atom. The van der Waals surface area contributed by atoms with Crippen molar-refractivity contribution in [3.05, 3.63) is 211 Å². The molecule has 60 heavy (non-hydrogen) atoms. The van der Waals surface area contributed by atoms with Crippen molar-refractivity contribution < 1.29 is 0 Å². The number of hydrogen-bond acceptors (Lipinski definition) is 0. The SMILES string of the molecule is C1=Cc2c(c3ccccc3c3cc4c(cc23)c2cc(-c3ccc(-n5c6ccccc6c6cc(-c7ccccc7)ccc65)cc3)ccc2n4-c2ccc3ccccc3c2)CC1. The Morgan fingerprint density at radius 1 is 0.317 bits per heavy atom. The van der Waals surface area contributed by atoms with Gasteiger partial charge in [0.1, 0.15) is 0 Å². The first-order valence-corrected chi connectivity index (χ1v) is 21.1. The van der Waals surface area contributed by atoms with Crippen molar-refractivity contribution in [1.29, 1.82) is 0 Å². The average Bonchev–Trinajstić information content (AvgIpc) is 3.83. The van der Waals surface area contributed by atoms with Gasteiger partial charge in [0.2, 0.25) is 0 Å². The maximum absolute atomic E-state index is 2.49. The van der Waals surface area contributed by atoms with Gasteiger partial charge in [-0.3, -0.25) is 0 Å². The first-order chi connectivity index (χ1) is 29.7. The average molecular weight is 763 g/mol. The predicted molar refractivity (Wildman–Crippen MR) is 256 cm³/mol. The van der Waals surface area contributed by atoms with Crippen LogP contribution >= 0.6 is 0 Å². The maximum Gasteiger partial charge on any atom is 0.0547 e. The third-order valence-electron chi connectivity index (χ3n) is 13.1. The lowest BCUT2D eigenvalue weighted by molar-refractivity contribution is 1.00. The summed E-state index contributed by atoms with van der Waals surface area (Å²) in [5.74, 6) is 0. The molecule has 13 rings (SSSR count). The first-order valence-electron chi connectivity index (χ1n) is 21.1. The van der Waals surface area contributed by atoms with Gasteiger partial charge in [-0.25, -0.2) is 0 Å². The molecule has 0 spiro atoms. The van der Waals surface area contributed by atoms with Gasteiger partial charge in [0, 0.05) is 32.9 Å². The second-order valence-corrected chi connectivity index (χ2v) is 16.4. The summed E-state index contributed by atoms with van der Waals surface area (Å²) in [6.07, 6.45) is 6.87. The molecule has 2 heteroatoms. The molecule has 2 heterocycles. The third kappa shape index (κ3) is 4.95. The number of aryl methyl sites for hydroxylation is 1. The maximum atomic E-state index is 2.49. The van der Waals surface area contributed by atoms with Crippen LogP contribution in [-0.4, -0.2) is 9.13 Å². The number of aromatic nitrogens is 2.